The van der Waals surface area contributed by atoms with Crippen molar-refractivity contribution in [3.05, 3.63) is 0 Å². The van der Waals surface area contributed by atoms with Crippen LogP contribution in [0.25, 0.3) is 0 Å². The molecule has 0 aromatic carbocycles. The molecule has 21 heavy (non-hydrogen) atoms. The van der Waals surface area contributed by atoms with Gasteiger partial charge < -0.3 is 15.3 Å². The van der Waals surface area contributed by atoms with Gasteiger partial charge in [0.25, 0.3) is 0 Å². The lowest BCUT2D eigenvalue weighted by atomic mass is 9.96. The van der Waals surface area contributed by atoms with Gasteiger partial charge in [-0.25, -0.2) is 0 Å². The molecule has 2 unspecified atom stereocenters. The van der Waals surface area contributed by atoms with Crippen LogP contribution in [0, 0.1) is 11.8 Å². The second-order valence-corrected chi connectivity index (χ2v) is 6.91. The van der Waals surface area contributed by atoms with E-state index in [-0.39, 0.29) is 24.3 Å². The molecule has 5 nitrogen and oxygen atoms in total. The standard InChI is InChI=1S/C15H27ClN2O3/c1-10(2)8-13(17-14(20)11(3)16)15(21)18-6-4-12(9-19)5-7-18/h10-13,19H,4-9H2,1-3H3,(H,17,20). The Kier molecular flexibility index (Phi) is 7.46. The summed E-state index contributed by atoms with van der Waals surface area (Å²) >= 11 is 5.77. The van der Waals surface area contributed by atoms with Gasteiger partial charge in [-0.2, -0.15) is 0 Å². The number of likely N-dealkylation sites (tertiary alicyclic amines) is 1. The van der Waals surface area contributed by atoms with Crippen LogP contribution in [-0.2, 0) is 9.59 Å². The van der Waals surface area contributed by atoms with Crippen LogP contribution in [-0.4, -0.2) is 52.9 Å². The minimum absolute atomic E-state index is 0.0363. The summed E-state index contributed by atoms with van der Waals surface area (Å²) in [6.07, 6.45) is 2.24. The molecule has 0 spiro atoms. The minimum Gasteiger partial charge on any atom is -0.396 e. The van der Waals surface area contributed by atoms with Crippen LogP contribution in [0.1, 0.15) is 40.0 Å². The van der Waals surface area contributed by atoms with E-state index < -0.39 is 11.4 Å². The summed E-state index contributed by atoms with van der Waals surface area (Å²) < 4.78 is 0. The molecule has 0 aromatic heterocycles. The number of carbonyl (C=O) groups is 2. The maximum Gasteiger partial charge on any atom is 0.245 e. The van der Waals surface area contributed by atoms with E-state index in [9.17, 15) is 9.59 Å². The number of aliphatic hydroxyl groups excluding tert-OH is 1. The van der Waals surface area contributed by atoms with Crippen molar-refractivity contribution >= 4 is 23.4 Å². The monoisotopic (exact) mass is 318 g/mol. The number of nitrogens with zero attached hydrogens (tertiary/aromatic N) is 1. The summed E-state index contributed by atoms with van der Waals surface area (Å²) in [5.41, 5.74) is 0. The van der Waals surface area contributed by atoms with Crippen LogP contribution in [0.2, 0.25) is 0 Å². The molecule has 2 atom stereocenters. The molecule has 1 fully saturated rings. The molecule has 0 radical (unpaired) electrons. The van der Waals surface area contributed by atoms with Crippen molar-refractivity contribution in [3.63, 3.8) is 0 Å². The summed E-state index contributed by atoms with van der Waals surface area (Å²) in [5.74, 6) is 0.251. The van der Waals surface area contributed by atoms with Gasteiger partial charge in [0.1, 0.15) is 11.4 Å². The fourth-order valence-corrected chi connectivity index (χ4v) is 2.60. The first-order chi connectivity index (χ1) is 9.85. The third kappa shape index (κ3) is 5.83. The van der Waals surface area contributed by atoms with Gasteiger partial charge in [0.15, 0.2) is 0 Å². The highest BCUT2D eigenvalue weighted by Crippen LogP contribution is 2.18. The molecule has 0 aliphatic carbocycles. The predicted molar refractivity (Wildman–Crippen MR) is 83.1 cm³/mol. The van der Waals surface area contributed by atoms with Gasteiger partial charge in [0, 0.05) is 19.7 Å². The van der Waals surface area contributed by atoms with E-state index in [1.54, 1.807) is 11.8 Å². The second-order valence-electron chi connectivity index (χ2n) is 6.26. The number of alkyl halides is 1. The summed E-state index contributed by atoms with van der Waals surface area (Å²) in [7, 11) is 0. The van der Waals surface area contributed by atoms with E-state index in [2.05, 4.69) is 5.32 Å². The molecule has 1 rings (SSSR count). The Balaban J connectivity index is 2.64. The molecular formula is C15H27ClN2O3. The number of aliphatic hydroxyl groups is 1. The van der Waals surface area contributed by atoms with E-state index in [0.29, 0.717) is 25.4 Å². The van der Waals surface area contributed by atoms with Crippen LogP contribution in [0.5, 0.6) is 0 Å². The maximum atomic E-state index is 12.6. The van der Waals surface area contributed by atoms with E-state index in [1.807, 2.05) is 13.8 Å². The molecule has 0 aromatic rings. The number of rotatable bonds is 6. The third-order valence-electron chi connectivity index (χ3n) is 3.87. The van der Waals surface area contributed by atoms with Crippen molar-refractivity contribution < 1.29 is 14.7 Å². The van der Waals surface area contributed by atoms with Gasteiger partial charge in [-0.1, -0.05) is 13.8 Å². The van der Waals surface area contributed by atoms with Gasteiger partial charge in [0.2, 0.25) is 11.8 Å². The lowest BCUT2D eigenvalue weighted by Crippen LogP contribution is -2.52. The number of piperidine rings is 1. The number of amides is 2. The SMILES string of the molecule is CC(C)CC(NC(=O)C(C)Cl)C(=O)N1CCC(CO)CC1. The van der Waals surface area contributed by atoms with Gasteiger partial charge in [0.05, 0.1) is 0 Å². The third-order valence-corrected chi connectivity index (χ3v) is 4.07. The highest BCUT2D eigenvalue weighted by Gasteiger charge is 2.30. The van der Waals surface area contributed by atoms with Crippen molar-refractivity contribution in [2.24, 2.45) is 11.8 Å². The molecule has 1 saturated heterocycles. The van der Waals surface area contributed by atoms with Crippen LogP contribution in [0.3, 0.4) is 0 Å². The number of carbonyl (C=O) groups excluding carboxylic acids is 2. The number of nitrogens with one attached hydrogen (secondary N) is 1. The molecule has 2 amide bonds. The molecule has 0 bridgehead atoms. The lowest BCUT2D eigenvalue weighted by molar-refractivity contribution is -0.138. The molecule has 122 valence electrons. The first kappa shape index (κ1) is 18.2. The summed E-state index contributed by atoms with van der Waals surface area (Å²) in [6.45, 7) is 7.11. The Hall–Kier alpha value is -0.810. The zero-order chi connectivity index (χ0) is 16.0. The van der Waals surface area contributed by atoms with Crippen molar-refractivity contribution in [2.75, 3.05) is 19.7 Å². The molecular weight excluding hydrogens is 292 g/mol. The Morgan fingerprint density at radius 2 is 1.86 bits per heavy atom. The maximum absolute atomic E-state index is 12.6. The normalized spacial score (nSPS) is 19.4. The number of hydrogen-bond acceptors (Lipinski definition) is 3. The van der Waals surface area contributed by atoms with Gasteiger partial charge in [-0.05, 0) is 38.0 Å². The Bertz CT molecular complexity index is 353. The average Bonchev–Trinajstić information content (AvgIpc) is 2.45. The van der Waals surface area contributed by atoms with Gasteiger partial charge in [-0.3, -0.25) is 9.59 Å². The zero-order valence-corrected chi connectivity index (χ0v) is 13.9. The van der Waals surface area contributed by atoms with Gasteiger partial charge in [-0.15, -0.1) is 11.6 Å². The fourth-order valence-electron chi connectivity index (χ4n) is 2.54. The first-order valence-electron chi connectivity index (χ1n) is 7.69. The smallest absolute Gasteiger partial charge is 0.245 e. The van der Waals surface area contributed by atoms with E-state index in [1.165, 1.54) is 0 Å². The van der Waals surface area contributed by atoms with E-state index >= 15 is 0 Å². The minimum atomic E-state index is -0.646. The molecule has 1 aliphatic rings. The van der Waals surface area contributed by atoms with E-state index in [0.717, 1.165) is 12.8 Å². The fraction of sp³-hybridized carbons (Fsp3) is 0.867. The van der Waals surface area contributed by atoms with Crippen LogP contribution >= 0.6 is 11.6 Å². The van der Waals surface area contributed by atoms with Crippen molar-refractivity contribution in [1.82, 2.24) is 10.2 Å². The van der Waals surface area contributed by atoms with Crippen LogP contribution in [0.4, 0.5) is 0 Å². The largest absolute Gasteiger partial charge is 0.396 e. The van der Waals surface area contributed by atoms with Crippen LogP contribution in [0.15, 0.2) is 0 Å². The summed E-state index contributed by atoms with van der Waals surface area (Å²) in [4.78, 5) is 26.2. The summed E-state index contributed by atoms with van der Waals surface area (Å²) in [5, 5.41) is 11.3. The highest BCUT2D eigenvalue weighted by molar-refractivity contribution is 6.30. The predicted octanol–water partition coefficient (Wildman–Crippen LogP) is 1.38. The number of halogens is 1. The first-order valence-corrected chi connectivity index (χ1v) is 8.12. The Morgan fingerprint density at radius 3 is 2.29 bits per heavy atom. The molecule has 1 heterocycles. The zero-order valence-electron chi connectivity index (χ0n) is 13.1. The molecule has 6 heteroatoms. The lowest BCUT2D eigenvalue weighted by Gasteiger charge is -2.34. The van der Waals surface area contributed by atoms with Gasteiger partial charge >= 0.3 is 0 Å². The Morgan fingerprint density at radius 1 is 1.29 bits per heavy atom. The average molecular weight is 319 g/mol. The molecule has 0 saturated carbocycles. The topological polar surface area (TPSA) is 69.6 Å². The van der Waals surface area contributed by atoms with Crippen molar-refractivity contribution in [2.45, 2.75) is 51.5 Å². The Labute approximate surface area is 132 Å². The van der Waals surface area contributed by atoms with Crippen molar-refractivity contribution in [1.29, 1.82) is 0 Å². The molecule has 1 aliphatic heterocycles. The quantitative estimate of drug-likeness (QED) is 0.727. The van der Waals surface area contributed by atoms with Crippen LogP contribution < -0.4 is 5.32 Å². The van der Waals surface area contributed by atoms with Crippen molar-refractivity contribution in [3.8, 4) is 0 Å². The van der Waals surface area contributed by atoms with E-state index in [4.69, 9.17) is 16.7 Å². The number of hydrogen-bond donors (Lipinski definition) is 2. The molecule has 2 N–H and O–H groups in total. The highest BCUT2D eigenvalue weighted by atomic mass is 35.5. The summed E-state index contributed by atoms with van der Waals surface area (Å²) in [6, 6.07) is -0.510. The second kappa shape index (κ2) is 8.59.